The van der Waals surface area contributed by atoms with E-state index in [1.807, 2.05) is 25.7 Å². The van der Waals surface area contributed by atoms with Crippen LogP contribution < -0.4 is 5.73 Å². The quantitative estimate of drug-likeness (QED) is 0.913. The molecule has 1 aliphatic rings. The number of likely N-dealkylation sites (tertiary alicyclic amines) is 1. The molecule has 1 aromatic rings. The highest BCUT2D eigenvalue weighted by molar-refractivity contribution is 5.85. The fourth-order valence-corrected chi connectivity index (χ4v) is 2.46. The lowest BCUT2D eigenvalue weighted by atomic mass is 10.0. The first-order valence-electron chi connectivity index (χ1n) is 6.44. The third-order valence-electron chi connectivity index (χ3n) is 3.83. The van der Waals surface area contributed by atoms with E-state index in [0.29, 0.717) is 12.3 Å². The number of amides is 1. The Kier molecular flexibility index (Phi) is 5.38. The molecular weight excluding hydrogens is 266 g/mol. The molecule has 0 spiro atoms. The van der Waals surface area contributed by atoms with E-state index in [-0.39, 0.29) is 24.4 Å². The van der Waals surface area contributed by atoms with Gasteiger partial charge in [0.1, 0.15) is 5.76 Å². The lowest BCUT2D eigenvalue weighted by molar-refractivity contribution is -0.129. The van der Waals surface area contributed by atoms with E-state index < -0.39 is 0 Å². The summed E-state index contributed by atoms with van der Waals surface area (Å²) < 4.78 is 5.08. The summed E-state index contributed by atoms with van der Waals surface area (Å²) in [4.78, 5) is 14.1. The molecule has 0 radical (unpaired) electrons. The molecular formula is C13H22ClN3O2. The predicted molar refractivity (Wildman–Crippen MR) is 75.3 cm³/mol. The first kappa shape index (κ1) is 16.0. The van der Waals surface area contributed by atoms with Crippen LogP contribution in [0.3, 0.4) is 0 Å². The van der Waals surface area contributed by atoms with E-state index in [2.05, 4.69) is 5.16 Å². The van der Waals surface area contributed by atoms with Gasteiger partial charge in [-0.3, -0.25) is 4.79 Å². The van der Waals surface area contributed by atoms with Gasteiger partial charge in [0.2, 0.25) is 5.91 Å². The molecule has 0 saturated carbocycles. The second-order valence-corrected chi connectivity index (χ2v) is 5.23. The smallest absolute Gasteiger partial charge is 0.227 e. The van der Waals surface area contributed by atoms with Crippen molar-refractivity contribution in [3.8, 4) is 0 Å². The Morgan fingerprint density at radius 3 is 2.74 bits per heavy atom. The maximum Gasteiger partial charge on any atom is 0.227 e. The lowest BCUT2D eigenvalue weighted by Gasteiger charge is -2.18. The van der Waals surface area contributed by atoms with Gasteiger partial charge >= 0.3 is 0 Å². The van der Waals surface area contributed by atoms with Gasteiger partial charge in [-0.1, -0.05) is 5.16 Å². The molecule has 0 aliphatic carbocycles. The minimum absolute atomic E-state index is 0. The molecule has 5 nitrogen and oxygen atoms in total. The average molecular weight is 288 g/mol. The zero-order chi connectivity index (χ0) is 13.3. The number of carbonyl (C=O) groups is 1. The zero-order valence-electron chi connectivity index (χ0n) is 11.7. The van der Waals surface area contributed by atoms with Crippen molar-refractivity contribution in [3.63, 3.8) is 0 Å². The number of nitrogens with zero attached hydrogens (tertiary/aromatic N) is 2. The lowest BCUT2D eigenvalue weighted by Crippen LogP contribution is -2.33. The molecule has 0 bridgehead atoms. The van der Waals surface area contributed by atoms with E-state index in [9.17, 15) is 4.79 Å². The van der Waals surface area contributed by atoms with Crippen molar-refractivity contribution in [2.75, 3.05) is 13.1 Å². The van der Waals surface area contributed by atoms with Crippen molar-refractivity contribution < 1.29 is 9.32 Å². The molecule has 1 aliphatic heterocycles. The van der Waals surface area contributed by atoms with E-state index >= 15 is 0 Å². The standard InChI is InChI=1S/C13H21N3O2.ClH/c1-8(14)11-4-5-16(7-11)13(17)6-12-9(2)15-18-10(12)3;/h8,11H,4-7,14H2,1-3H3;1H. The van der Waals surface area contributed by atoms with Crippen LogP contribution in [-0.2, 0) is 11.2 Å². The van der Waals surface area contributed by atoms with Crippen LogP contribution in [0, 0.1) is 19.8 Å². The fourth-order valence-electron chi connectivity index (χ4n) is 2.46. The Balaban J connectivity index is 0.00000180. The van der Waals surface area contributed by atoms with Gasteiger partial charge in [0.25, 0.3) is 0 Å². The summed E-state index contributed by atoms with van der Waals surface area (Å²) in [6, 6.07) is 0.155. The van der Waals surface area contributed by atoms with Crippen LogP contribution in [0.5, 0.6) is 0 Å². The molecule has 2 unspecified atom stereocenters. The Morgan fingerprint density at radius 2 is 2.26 bits per heavy atom. The second kappa shape index (κ2) is 6.39. The minimum atomic E-state index is 0. The summed E-state index contributed by atoms with van der Waals surface area (Å²) in [5.41, 5.74) is 7.61. The van der Waals surface area contributed by atoms with Crippen LogP contribution in [0.2, 0.25) is 0 Å². The number of nitrogens with two attached hydrogens (primary N) is 1. The molecule has 2 heterocycles. The normalized spacial score (nSPS) is 20.2. The van der Waals surface area contributed by atoms with Crippen LogP contribution in [0.15, 0.2) is 4.52 Å². The van der Waals surface area contributed by atoms with Crippen molar-refractivity contribution in [1.29, 1.82) is 0 Å². The molecule has 6 heteroatoms. The van der Waals surface area contributed by atoms with Gasteiger partial charge in [0.05, 0.1) is 12.1 Å². The van der Waals surface area contributed by atoms with Crippen molar-refractivity contribution in [2.24, 2.45) is 11.7 Å². The van der Waals surface area contributed by atoms with Gasteiger partial charge in [0.15, 0.2) is 0 Å². The molecule has 1 saturated heterocycles. The predicted octanol–water partition coefficient (Wildman–Crippen LogP) is 1.45. The highest BCUT2D eigenvalue weighted by Gasteiger charge is 2.29. The van der Waals surface area contributed by atoms with Crippen LogP contribution in [-0.4, -0.2) is 35.1 Å². The highest BCUT2D eigenvalue weighted by atomic mass is 35.5. The molecule has 2 atom stereocenters. The molecule has 2 N–H and O–H groups in total. The maximum absolute atomic E-state index is 12.2. The zero-order valence-corrected chi connectivity index (χ0v) is 12.5. The highest BCUT2D eigenvalue weighted by Crippen LogP contribution is 2.21. The Labute approximate surface area is 119 Å². The van der Waals surface area contributed by atoms with Gasteiger partial charge in [-0.25, -0.2) is 0 Å². The van der Waals surface area contributed by atoms with Gasteiger partial charge in [-0.15, -0.1) is 12.4 Å². The largest absolute Gasteiger partial charge is 0.361 e. The van der Waals surface area contributed by atoms with Crippen molar-refractivity contribution >= 4 is 18.3 Å². The third kappa shape index (κ3) is 3.48. The topological polar surface area (TPSA) is 72.4 Å². The summed E-state index contributed by atoms with van der Waals surface area (Å²) in [5.74, 6) is 1.31. The van der Waals surface area contributed by atoms with E-state index in [0.717, 1.165) is 36.5 Å². The van der Waals surface area contributed by atoms with Crippen LogP contribution in [0.4, 0.5) is 0 Å². The van der Waals surface area contributed by atoms with Gasteiger partial charge < -0.3 is 15.2 Å². The molecule has 108 valence electrons. The third-order valence-corrected chi connectivity index (χ3v) is 3.83. The molecule has 19 heavy (non-hydrogen) atoms. The maximum atomic E-state index is 12.2. The SMILES string of the molecule is Cc1noc(C)c1CC(=O)N1CCC(C(C)N)C1.Cl. The summed E-state index contributed by atoms with van der Waals surface area (Å²) in [6.45, 7) is 7.31. The molecule has 1 amide bonds. The minimum Gasteiger partial charge on any atom is -0.361 e. The van der Waals surface area contributed by atoms with Gasteiger partial charge in [0, 0.05) is 24.7 Å². The first-order chi connectivity index (χ1) is 8.49. The molecule has 1 fully saturated rings. The van der Waals surface area contributed by atoms with Crippen LogP contribution >= 0.6 is 12.4 Å². The van der Waals surface area contributed by atoms with Gasteiger partial charge in [-0.05, 0) is 33.1 Å². The van der Waals surface area contributed by atoms with E-state index in [4.69, 9.17) is 10.3 Å². The Morgan fingerprint density at radius 1 is 1.58 bits per heavy atom. The number of halogens is 1. The summed E-state index contributed by atoms with van der Waals surface area (Å²) in [6.07, 6.45) is 1.39. The Hall–Kier alpha value is -1.07. The van der Waals surface area contributed by atoms with Crippen LogP contribution in [0.1, 0.15) is 30.4 Å². The van der Waals surface area contributed by atoms with E-state index in [1.165, 1.54) is 0 Å². The monoisotopic (exact) mass is 287 g/mol. The molecule has 1 aromatic heterocycles. The number of aryl methyl sites for hydroxylation is 2. The second-order valence-electron chi connectivity index (χ2n) is 5.23. The van der Waals surface area contributed by atoms with Crippen molar-refractivity contribution in [1.82, 2.24) is 10.1 Å². The van der Waals surface area contributed by atoms with Crippen molar-refractivity contribution in [2.45, 2.75) is 39.7 Å². The number of aromatic nitrogens is 1. The summed E-state index contributed by atoms with van der Waals surface area (Å²) in [5, 5.41) is 3.87. The van der Waals surface area contributed by atoms with Crippen molar-refractivity contribution in [3.05, 3.63) is 17.0 Å². The fraction of sp³-hybridized carbons (Fsp3) is 0.692. The van der Waals surface area contributed by atoms with Gasteiger partial charge in [-0.2, -0.15) is 0 Å². The first-order valence-corrected chi connectivity index (χ1v) is 6.44. The number of rotatable bonds is 3. The number of carbonyl (C=O) groups excluding carboxylic acids is 1. The average Bonchev–Trinajstić information content (AvgIpc) is 2.91. The number of hydrogen-bond acceptors (Lipinski definition) is 4. The molecule has 2 rings (SSSR count). The van der Waals surface area contributed by atoms with E-state index in [1.54, 1.807) is 0 Å². The summed E-state index contributed by atoms with van der Waals surface area (Å²) >= 11 is 0. The Bertz CT molecular complexity index is 426. The van der Waals surface area contributed by atoms with Crippen LogP contribution in [0.25, 0.3) is 0 Å². The molecule has 0 aromatic carbocycles. The summed E-state index contributed by atoms with van der Waals surface area (Å²) in [7, 11) is 0. The number of hydrogen-bond donors (Lipinski definition) is 1.